The molecule has 1 aromatic carbocycles. The van der Waals surface area contributed by atoms with Crippen molar-refractivity contribution in [1.29, 1.82) is 0 Å². The first-order valence-corrected chi connectivity index (χ1v) is 6.29. The topological polar surface area (TPSA) is 22.1 Å². The normalized spacial score (nSPS) is 10.9. The number of methoxy groups -OCH3 is 1. The van der Waals surface area contributed by atoms with Crippen LogP contribution in [-0.2, 0) is 0 Å². The number of benzene rings is 1. The first-order chi connectivity index (χ1) is 8.11. The van der Waals surface area contributed by atoms with Crippen LogP contribution in [0.15, 0.2) is 23.6 Å². The zero-order valence-electron chi connectivity index (χ0n) is 10.0. The lowest BCUT2D eigenvalue weighted by atomic mass is 10.1. The van der Waals surface area contributed by atoms with E-state index in [4.69, 9.17) is 4.74 Å². The van der Waals surface area contributed by atoms with Crippen molar-refractivity contribution in [1.82, 2.24) is 4.98 Å². The molecule has 0 atom stereocenters. The van der Waals surface area contributed by atoms with E-state index in [1.54, 1.807) is 12.1 Å². The van der Waals surface area contributed by atoms with Crippen LogP contribution in [0.3, 0.4) is 0 Å². The Labute approximate surface area is 104 Å². The minimum Gasteiger partial charge on any atom is -0.497 e. The summed E-state index contributed by atoms with van der Waals surface area (Å²) >= 11 is 1.47. The number of rotatable bonds is 3. The van der Waals surface area contributed by atoms with Crippen molar-refractivity contribution in [3.05, 3.63) is 35.1 Å². The van der Waals surface area contributed by atoms with Crippen LogP contribution in [0.25, 0.3) is 10.6 Å². The van der Waals surface area contributed by atoms with E-state index >= 15 is 0 Å². The van der Waals surface area contributed by atoms with Crippen molar-refractivity contribution < 1.29 is 9.13 Å². The Morgan fingerprint density at radius 3 is 2.65 bits per heavy atom. The summed E-state index contributed by atoms with van der Waals surface area (Å²) in [7, 11) is 1.52. The van der Waals surface area contributed by atoms with E-state index in [2.05, 4.69) is 18.8 Å². The van der Waals surface area contributed by atoms with Gasteiger partial charge in [0.05, 0.1) is 12.8 Å². The quantitative estimate of drug-likeness (QED) is 0.820. The second-order valence-electron chi connectivity index (χ2n) is 4.08. The zero-order valence-corrected chi connectivity index (χ0v) is 10.8. The van der Waals surface area contributed by atoms with Crippen LogP contribution in [0.2, 0.25) is 0 Å². The molecule has 4 heteroatoms. The highest BCUT2D eigenvalue weighted by Gasteiger charge is 2.12. The maximum absolute atomic E-state index is 13.8. The monoisotopic (exact) mass is 251 g/mol. The highest BCUT2D eigenvalue weighted by atomic mass is 32.1. The Kier molecular flexibility index (Phi) is 3.43. The zero-order chi connectivity index (χ0) is 12.4. The summed E-state index contributed by atoms with van der Waals surface area (Å²) in [6.07, 6.45) is 0. The Balaban J connectivity index is 2.38. The molecule has 0 aliphatic heterocycles. The average Bonchev–Trinajstić information content (AvgIpc) is 2.78. The lowest BCUT2D eigenvalue weighted by Gasteiger charge is -2.03. The first kappa shape index (κ1) is 12.0. The highest BCUT2D eigenvalue weighted by Crippen LogP contribution is 2.30. The van der Waals surface area contributed by atoms with Crippen molar-refractivity contribution in [2.24, 2.45) is 0 Å². The number of aromatic nitrogens is 1. The molecule has 0 aliphatic carbocycles. The molecule has 0 N–H and O–H groups in total. The molecule has 1 heterocycles. The number of nitrogens with zero attached hydrogens (tertiary/aromatic N) is 1. The van der Waals surface area contributed by atoms with E-state index in [0.717, 1.165) is 5.69 Å². The van der Waals surface area contributed by atoms with Gasteiger partial charge in [0, 0.05) is 17.0 Å². The Hall–Kier alpha value is -1.42. The van der Waals surface area contributed by atoms with Crippen LogP contribution in [0.1, 0.15) is 25.5 Å². The fourth-order valence-electron chi connectivity index (χ4n) is 1.47. The molecule has 2 aromatic rings. The Morgan fingerprint density at radius 2 is 2.12 bits per heavy atom. The Bertz CT molecular complexity index is 522. The molecule has 0 saturated carbocycles. The van der Waals surface area contributed by atoms with Gasteiger partial charge in [0.15, 0.2) is 0 Å². The summed E-state index contributed by atoms with van der Waals surface area (Å²) in [4.78, 5) is 4.43. The summed E-state index contributed by atoms with van der Waals surface area (Å²) in [6.45, 7) is 4.15. The van der Waals surface area contributed by atoms with E-state index < -0.39 is 0 Å². The van der Waals surface area contributed by atoms with Crippen LogP contribution in [-0.4, -0.2) is 12.1 Å². The molecule has 17 heavy (non-hydrogen) atoms. The van der Waals surface area contributed by atoms with Gasteiger partial charge in [-0.1, -0.05) is 13.8 Å². The molecule has 2 nitrogen and oxygen atoms in total. The fourth-order valence-corrected chi connectivity index (χ4v) is 2.48. The van der Waals surface area contributed by atoms with Gasteiger partial charge in [-0.05, 0) is 18.1 Å². The summed E-state index contributed by atoms with van der Waals surface area (Å²) in [6, 6.07) is 4.83. The molecule has 2 rings (SSSR count). The van der Waals surface area contributed by atoms with Crippen LogP contribution >= 0.6 is 11.3 Å². The molecule has 0 aliphatic rings. The van der Waals surface area contributed by atoms with Gasteiger partial charge < -0.3 is 4.74 Å². The van der Waals surface area contributed by atoms with Crippen molar-refractivity contribution in [2.45, 2.75) is 19.8 Å². The molecule has 0 saturated heterocycles. The van der Waals surface area contributed by atoms with Crippen LogP contribution < -0.4 is 4.74 Å². The average molecular weight is 251 g/mol. The number of ether oxygens (including phenoxy) is 1. The van der Waals surface area contributed by atoms with Crippen LogP contribution in [0.5, 0.6) is 5.75 Å². The maximum atomic E-state index is 13.8. The van der Waals surface area contributed by atoms with Crippen LogP contribution in [0.4, 0.5) is 4.39 Å². The molecule has 0 fully saturated rings. The van der Waals surface area contributed by atoms with Gasteiger partial charge in [0.25, 0.3) is 0 Å². The molecular formula is C13H14FNOS. The maximum Gasteiger partial charge on any atom is 0.137 e. The predicted molar refractivity (Wildman–Crippen MR) is 68.1 cm³/mol. The SMILES string of the molecule is COc1ccc(-c2nc(C(C)C)cs2)c(F)c1. The van der Waals surface area contributed by atoms with Gasteiger partial charge in [-0.3, -0.25) is 0 Å². The second-order valence-corrected chi connectivity index (χ2v) is 4.94. The van der Waals surface area contributed by atoms with Crippen molar-refractivity contribution >= 4 is 11.3 Å². The van der Waals surface area contributed by atoms with Crippen molar-refractivity contribution in [3.63, 3.8) is 0 Å². The molecule has 0 bridgehead atoms. The van der Waals surface area contributed by atoms with Crippen molar-refractivity contribution in [3.8, 4) is 16.3 Å². The largest absolute Gasteiger partial charge is 0.497 e. The highest BCUT2D eigenvalue weighted by molar-refractivity contribution is 7.13. The van der Waals surface area contributed by atoms with Crippen molar-refractivity contribution in [2.75, 3.05) is 7.11 Å². The van der Waals surface area contributed by atoms with Gasteiger partial charge in [-0.25, -0.2) is 9.37 Å². The van der Waals surface area contributed by atoms with E-state index in [1.807, 2.05) is 5.38 Å². The summed E-state index contributed by atoms with van der Waals surface area (Å²) in [5.41, 5.74) is 1.53. The van der Waals surface area contributed by atoms with E-state index in [0.29, 0.717) is 22.2 Å². The molecule has 0 amide bonds. The third kappa shape index (κ3) is 2.47. The summed E-state index contributed by atoms with van der Waals surface area (Å²) in [5, 5.41) is 2.69. The molecular weight excluding hydrogens is 237 g/mol. The van der Waals surface area contributed by atoms with Gasteiger partial charge in [-0.2, -0.15) is 0 Å². The van der Waals surface area contributed by atoms with Gasteiger partial charge >= 0.3 is 0 Å². The second kappa shape index (κ2) is 4.84. The number of hydrogen-bond donors (Lipinski definition) is 0. The van der Waals surface area contributed by atoms with E-state index in [9.17, 15) is 4.39 Å². The summed E-state index contributed by atoms with van der Waals surface area (Å²) < 4.78 is 18.8. The third-order valence-electron chi connectivity index (χ3n) is 2.52. The van der Waals surface area contributed by atoms with E-state index in [1.165, 1.54) is 24.5 Å². The molecule has 1 aromatic heterocycles. The smallest absolute Gasteiger partial charge is 0.137 e. The lowest BCUT2D eigenvalue weighted by molar-refractivity contribution is 0.411. The molecule has 0 radical (unpaired) electrons. The van der Waals surface area contributed by atoms with Gasteiger partial charge in [0.2, 0.25) is 0 Å². The van der Waals surface area contributed by atoms with E-state index in [-0.39, 0.29) is 5.82 Å². The minimum absolute atomic E-state index is 0.297. The fraction of sp³-hybridized carbons (Fsp3) is 0.308. The predicted octanol–water partition coefficient (Wildman–Crippen LogP) is 4.08. The first-order valence-electron chi connectivity index (χ1n) is 5.41. The molecule has 0 spiro atoms. The van der Waals surface area contributed by atoms with Gasteiger partial charge in [0.1, 0.15) is 16.6 Å². The standard InChI is InChI=1S/C13H14FNOS/c1-8(2)12-7-17-13(15-12)10-5-4-9(16-3)6-11(10)14/h4-8H,1-3H3. The lowest BCUT2D eigenvalue weighted by Crippen LogP contribution is -1.90. The third-order valence-corrected chi connectivity index (χ3v) is 3.41. The van der Waals surface area contributed by atoms with Gasteiger partial charge in [-0.15, -0.1) is 11.3 Å². The molecule has 90 valence electrons. The number of hydrogen-bond acceptors (Lipinski definition) is 3. The molecule has 0 unspecified atom stereocenters. The number of thiazole rings is 1. The number of halogens is 1. The van der Waals surface area contributed by atoms with Crippen LogP contribution in [0, 0.1) is 5.82 Å². The Morgan fingerprint density at radius 1 is 1.35 bits per heavy atom. The summed E-state index contributed by atoms with van der Waals surface area (Å²) in [5.74, 6) is 0.585. The minimum atomic E-state index is -0.297.